The van der Waals surface area contributed by atoms with Gasteiger partial charge < -0.3 is 4.74 Å². The van der Waals surface area contributed by atoms with Crippen LogP contribution in [0.15, 0.2) is 60.9 Å². The minimum Gasteiger partial charge on any atom is -0.504 e. The van der Waals surface area contributed by atoms with E-state index in [9.17, 15) is 0 Å². The third kappa shape index (κ3) is 2.69. The fraction of sp³-hybridized carbons (Fsp3) is 0.0667. The van der Waals surface area contributed by atoms with Gasteiger partial charge in [0.05, 0.1) is 13.4 Å². The van der Waals surface area contributed by atoms with E-state index in [0.29, 0.717) is 0 Å². The molecule has 1 nitrogen and oxygen atoms in total. The molecule has 0 saturated carbocycles. The number of hydrogen-bond acceptors (Lipinski definition) is 1. The van der Waals surface area contributed by atoms with E-state index in [2.05, 4.69) is 0 Å². The molecule has 0 unspecified atom stereocenters. The molecular formula is C15H13ClO. The molecular weight excluding hydrogens is 232 g/mol. The lowest BCUT2D eigenvalue weighted by atomic mass is 9.99. The second-order valence-electron chi connectivity index (χ2n) is 3.61. The predicted octanol–water partition coefficient (Wildman–Crippen LogP) is 4.38. The summed E-state index contributed by atoms with van der Waals surface area (Å²) >= 11 is 6.21. The molecule has 0 saturated heterocycles. The third-order valence-electron chi connectivity index (χ3n) is 2.48. The Morgan fingerprint density at radius 1 is 1.00 bits per heavy atom. The van der Waals surface area contributed by atoms with Crippen molar-refractivity contribution >= 4 is 17.2 Å². The molecule has 0 amide bonds. The smallest absolute Gasteiger partial charge is 0.0909 e. The molecule has 0 aliphatic carbocycles. The van der Waals surface area contributed by atoms with Crippen LogP contribution in [0.3, 0.4) is 0 Å². The Balaban J connectivity index is 2.52. The van der Waals surface area contributed by atoms with Crippen LogP contribution in [-0.4, -0.2) is 7.11 Å². The van der Waals surface area contributed by atoms with Gasteiger partial charge in [-0.2, -0.15) is 0 Å². The van der Waals surface area contributed by atoms with Gasteiger partial charge in [-0.3, -0.25) is 0 Å². The molecule has 2 heteroatoms. The molecule has 0 aliphatic heterocycles. The second kappa shape index (κ2) is 5.55. The topological polar surface area (TPSA) is 9.23 Å². The summed E-state index contributed by atoms with van der Waals surface area (Å²) in [4.78, 5) is 0. The summed E-state index contributed by atoms with van der Waals surface area (Å²) in [5.41, 5.74) is 3.04. The molecule has 0 aliphatic rings. The standard InChI is InChI=1S/C15H13ClO/c1-17-11-14(12-7-3-2-4-8-12)13-9-5-6-10-15(13)16/h2-11H,1H3/b14-11+. The zero-order chi connectivity index (χ0) is 12.1. The second-order valence-corrected chi connectivity index (χ2v) is 4.02. The van der Waals surface area contributed by atoms with Gasteiger partial charge in [-0.15, -0.1) is 0 Å². The number of rotatable bonds is 3. The first-order valence-electron chi connectivity index (χ1n) is 5.36. The van der Waals surface area contributed by atoms with Crippen LogP contribution >= 0.6 is 11.6 Å². The van der Waals surface area contributed by atoms with Crippen molar-refractivity contribution in [2.75, 3.05) is 7.11 Å². The van der Waals surface area contributed by atoms with E-state index in [0.717, 1.165) is 21.7 Å². The lowest BCUT2D eigenvalue weighted by Gasteiger charge is -2.09. The van der Waals surface area contributed by atoms with E-state index >= 15 is 0 Å². The van der Waals surface area contributed by atoms with Crippen LogP contribution in [0.4, 0.5) is 0 Å². The molecule has 0 fully saturated rings. The first kappa shape index (κ1) is 11.7. The Kier molecular flexibility index (Phi) is 3.84. The van der Waals surface area contributed by atoms with Gasteiger partial charge in [-0.05, 0) is 11.6 Å². The van der Waals surface area contributed by atoms with Crippen molar-refractivity contribution in [3.05, 3.63) is 77.0 Å². The largest absolute Gasteiger partial charge is 0.504 e. The molecule has 0 spiro atoms. The summed E-state index contributed by atoms with van der Waals surface area (Å²) in [6.45, 7) is 0. The fourth-order valence-corrected chi connectivity index (χ4v) is 1.94. The molecule has 2 aromatic rings. The van der Waals surface area contributed by atoms with Crippen LogP contribution in [0.2, 0.25) is 5.02 Å². The summed E-state index contributed by atoms with van der Waals surface area (Å²) in [6.07, 6.45) is 1.72. The minimum atomic E-state index is 0.722. The summed E-state index contributed by atoms with van der Waals surface area (Å²) in [5.74, 6) is 0. The molecule has 0 bridgehead atoms. The molecule has 0 N–H and O–H groups in total. The molecule has 2 aromatic carbocycles. The van der Waals surface area contributed by atoms with Crippen LogP contribution in [0.1, 0.15) is 11.1 Å². The normalized spacial score (nSPS) is 11.3. The number of ether oxygens (including phenoxy) is 1. The molecule has 0 aromatic heterocycles. The molecule has 17 heavy (non-hydrogen) atoms. The Bertz CT molecular complexity index is 517. The van der Waals surface area contributed by atoms with Crippen LogP contribution < -0.4 is 0 Å². The predicted molar refractivity (Wildman–Crippen MR) is 72.0 cm³/mol. The van der Waals surface area contributed by atoms with Gasteiger partial charge in [0, 0.05) is 16.2 Å². The Hall–Kier alpha value is -1.73. The maximum Gasteiger partial charge on any atom is 0.0909 e. The van der Waals surface area contributed by atoms with Gasteiger partial charge in [0.25, 0.3) is 0 Å². The number of methoxy groups -OCH3 is 1. The van der Waals surface area contributed by atoms with E-state index in [1.54, 1.807) is 13.4 Å². The average molecular weight is 245 g/mol. The van der Waals surface area contributed by atoms with Crippen molar-refractivity contribution in [1.82, 2.24) is 0 Å². The highest BCUT2D eigenvalue weighted by atomic mass is 35.5. The summed E-state index contributed by atoms with van der Waals surface area (Å²) in [6, 6.07) is 17.8. The van der Waals surface area contributed by atoms with Gasteiger partial charge in [-0.1, -0.05) is 60.1 Å². The van der Waals surface area contributed by atoms with Gasteiger partial charge in [0.1, 0.15) is 0 Å². The zero-order valence-corrected chi connectivity index (χ0v) is 10.3. The zero-order valence-electron chi connectivity index (χ0n) is 9.56. The van der Waals surface area contributed by atoms with E-state index in [-0.39, 0.29) is 0 Å². The molecule has 0 radical (unpaired) electrons. The summed E-state index contributed by atoms with van der Waals surface area (Å²) < 4.78 is 5.15. The van der Waals surface area contributed by atoms with Crippen LogP contribution in [0.5, 0.6) is 0 Å². The summed E-state index contributed by atoms with van der Waals surface area (Å²) in [5, 5.41) is 0.722. The van der Waals surface area contributed by atoms with Crippen molar-refractivity contribution in [2.45, 2.75) is 0 Å². The highest BCUT2D eigenvalue weighted by Crippen LogP contribution is 2.28. The maximum absolute atomic E-state index is 6.21. The van der Waals surface area contributed by atoms with Gasteiger partial charge in [-0.25, -0.2) is 0 Å². The van der Waals surface area contributed by atoms with Crippen LogP contribution in [0, 0.1) is 0 Å². The molecule has 0 heterocycles. The maximum atomic E-state index is 6.21. The Morgan fingerprint density at radius 3 is 2.29 bits per heavy atom. The van der Waals surface area contributed by atoms with Gasteiger partial charge in [0.15, 0.2) is 0 Å². The minimum absolute atomic E-state index is 0.722. The first-order valence-corrected chi connectivity index (χ1v) is 5.74. The first-order chi connectivity index (χ1) is 8.33. The van der Waals surface area contributed by atoms with E-state index in [1.165, 1.54) is 0 Å². The quantitative estimate of drug-likeness (QED) is 0.729. The van der Waals surface area contributed by atoms with Crippen molar-refractivity contribution < 1.29 is 4.74 Å². The van der Waals surface area contributed by atoms with Crippen molar-refractivity contribution in [3.8, 4) is 0 Å². The van der Waals surface area contributed by atoms with E-state index in [4.69, 9.17) is 16.3 Å². The molecule has 0 atom stereocenters. The number of halogens is 1. The lowest BCUT2D eigenvalue weighted by molar-refractivity contribution is 0.340. The SMILES string of the molecule is CO/C=C(\c1ccccc1)c1ccccc1Cl. The van der Waals surface area contributed by atoms with E-state index in [1.807, 2.05) is 54.6 Å². The number of hydrogen-bond donors (Lipinski definition) is 0. The van der Waals surface area contributed by atoms with Gasteiger partial charge >= 0.3 is 0 Å². The Labute approximate surface area is 106 Å². The monoisotopic (exact) mass is 244 g/mol. The fourth-order valence-electron chi connectivity index (χ4n) is 1.70. The van der Waals surface area contributed by atoms with E-state index < -0.39 is 0 Å². The van der Waals surface area contributed by atoms with Crippen molar-refractivity contribution in [1.29, 1.82) is 0 Å². The van der Waals surface area contributed by atoms with Crippen LogP contribution in [0.25, 0.3) is 5.57 Å². The summed E-state index contributed by atoms with van der Waals surface area (Å²) in [7, 11) is 1.64. The van der Waals surface area contributed by atoms with Crippen molar-refractivity contribution in [3.63, 3.8) is 0 Å². The van der Waals surface area contributed by atoms with Crippen molar-refractivity contribution in [2.24, 2.45) is 0 Å². The van der Waals surface area contributed by atoms with Gasteiger partial charge in [0.2, 0.25) is 0 Å². The highest BCUT2D eigenvalue weighted by molar-refractivity contribution is 6.32. The lowest BCUT2D eigenvalue weighted by Crippen LogP contribution is -1.90. The van der Waals surface area contributed by atoms with Crippen LogP contribution in [-0.2, 0) is 4.74 Å². The molecule has 86 valence electrons. The highest BCUT2D eigenvalue weighted by Gasteiger charge is 2.08. The average Bonchev–Trinajstić information content (AvgIpc) is 2.38. The Morgan fingerprint density at radius 2 is 1.65 bits per heavy atom. The molecule has 2 rings (SSSR count). The number of benzene rings is 2. The third-order valence-corrected chi connectivity index (χ3v) is 2.81.